The number of amides is 2. The highest BCUT2D eigenvalue weighted by Crippen LogP contribution is 2.36. The standard InChI is InChI=1S/C17H15ClFN3O3/c1-8-13(15(21-25-8)14-10(18)3-2-4-11(14)19)17(24)22-9-5-6-12(22)16(23)20-7-9/h2-4,9,12H,5-7H2,1H3,(H,20,23). The molecule has 8 heteroatoms. The molecule has 4 rings (SSSR count). The lowest BCUT2D eigenvalue weighted by molar-refractivity contribution is -0.127. The van der Waals surface area contributed by atoms with Gasteiger partial charge in [0.15, 0.2) is 0 Å². The average molecular weight is 364 g/mol. The number of benzene rings is 1. The minimum Gasteiger partial charge on any atom is -0.360 e. The van der Waals surface area contributed by atoms with E-state index in [2.05, 4.69) is 10.5 Å². The van der Waals surface area contributed by atoms with E-state index in [-0.39, 0.29) is 45.5 Å². The van der Waals surface area contributed by atoms with Crippen LogP contribution in [0.15, 0.2) is 22.7 Å². The molecule has 1 aromatic carbocycles. The number of nitrogens with one attached hydrogen (secondary N) is 1. The number of fused-ring (bicyclic) bond motifs is 2. The molecule has 2 aromatic rings. The monoisotopic (exact) mass is 363 g/mol. The van der Waals surface area contributed by atoms with Crippen molar-refractivity contribution in [2.45, 2.75) is 31.8 Å². The Morgan fingerprint density at radius 3 is 3.00 bits per heavy atom. The highest BCUT2D eigenvalue weighted by atomic mass is 35.5. The molecule has 6 nitrogen and oxygen atoms in total. The Balaban J connectivity index is 1.81. The summed E-state index contributed by atoms with van der Waals surface area (Å²) < 4.78 is 19.5. The first-order chi connectivity index (χ1) is 12.0. The van der Waals surface area contributed by atoms with Crippen LogP contribution < -0.4 is 5.32 Å². The molecule has 25 heavy (non-hydrogen) atoms. The van der Waals surface area contributed by atoms with Crippen molar-refractivity contribution in [3.63, 3.8) is 0 Å². The fraction of sp³-hybridized carbons (Fsp3) is 0.353. The molecule has 130 valence electrons. The molecule has 0 aliphatic carbocycles. The average Bonchev–Trinajstić information content (AvgIpc) is 3.11. The molecule has 0 radical (unpaired) electrons. The summed E-state index contributed by atoms with van der Waals surface area (Å²) in [6.07, 6.45) is 1.36. The van der Waals surface area contributed by atoms with Crippen molar-refractivity contribution >= 4 is 23.4 Å². The molecule has 2 bridgehead atoms. The number of hydrogen-bond donors (Lipinski definition) is 1. The third-order valence-corrected chi connectivity index (χ3v) is 5.14. The number of carbonyl (C=O) groups excluding carboxylic acids is 2. The van der Waals surface area contributed by atoms with E-state index >= 15 is 0 Å². The van der Waals surface area contributed by atoms with Crippen LogP contribution in [-0.2, 0) is 4.79 Å². The first kappa shape index (κ1) is 16.1. The van der Waals surface area contributed by atoms with Gasteiger partial charge in [-0.25, -0.2) is 4.39 Å². The van der Waals surface area contributed by atoms with E-state index in [4.69, 9.17) is 16.1 Å². The van der Waals surface area contributed by atoms with E-state index in [1.165, 1.54) is 18.2 Å². The van der Waals surface area contributed by atoms with E-state index in [1.807, 2.05) is 0 Å². The number of carbonyl (C=O) groups is 2. The third-order valence-electron chi connectivity index (χ3n) is 4.83. The minimum atomic E-state index is -0.589. The van der Waals surface area contributed by atoms with Crippen molar-refractivity contribution in [3.05, 3.63) is 40.4 Å². The number of aryl methyl sites for hydroxylation is 1. The van der Waals surface area contributed by atoms with Gasteiger partial charge in [0.05, 0.1) is 16.6 Å². The zero-order valence-electron chi connectivity index (χ0n) is 13.4. The van der Waals surface area contributed by atoms with Crippen LogP contribution in [0.2, 0.25) is 5.02 Å². The van der Waals surface area contributed by atoms with Crippen LogP contribution in [0.25, 0.3) is 11.3 Å². The van der Waals surface area contributed by atoms with Gasteiger partial charge >= 0.3 is 0 Å². The maximum absolute atomic E-state index is 14.3. The highest BCUT2D eigenvalue weighted by Gasteiger charge is 2.46. The number of rotatable bonds is 2. The van der Waals surface area contributed by atoms with E-state index in [0.29, 0.717) is 13.0 Å². The number of hydrogen-bond acceptors (Lipinski definition) is 4. The largest absolute Gasteiger partial charge is 0.360 e. The zero-order valence-corrected chi connectivity index (χ0v) is 14.1. The van der Waals surface area contributed by atoms with Gasteiger partial charge in [-0.3, -0.25) is 9.59 Å². The highest BCUT2D eigenvalue weighted by molar-refractivity contribution is 6.33. The molecule has 0 spiro atoms. The molecule has 2 unspecified atom stereocenters. The maximum atomic E-state index is 14.3. The van der Waals surface area contributed by atoms with Gasteiger partial charge in [0.1, 0.15) is 28.9 Å². The fourth-order valence-corrected chi connectivity index (χ4v) is 3.88. The number of halogens is 2. The van der Waals surface area contributed by atoms with Crippen molar-refractivity contribution in [3.8, 4) is 11.3 Å². The summed E-state index contributed by atoms with van der Waals surface area (Å²) >= 11 is 6.12. The Bertz CT molecular complexity index is 862. The summed E-state index contributed by atoms with van der Waals surface area (Å²) in [5, 5.41) is 6.81. The second kappa shape index (κ2) is 5.84. The molecular formula is C17H15ClFN3O3. The van der Waals surface area contributed by atoms with Crippen LogP contribution in [0, 0.1) is 12.7 Å². The van der Waals surface area contributed by atoms with Gasteiger partial charge < -0.3 is 14.7 Å². The predicted molar refractivity (Wildman–Crippen MR) is 87.6 cm³/mol. The van der Waals surface area contributed by atoms with Gasteiger partial charge in [-0.2, -0.15) is 0 Å². The summed E-state index contributed by atoms with van der Waals surface area (Å²) in [7, 11) is 0. The Labute approximate surface area is 147 Å². The summed E-state index contributed by atoms with van der Waals surface area (Å²) in [5.41, 5.74) is 0.243. The van der Waals surface area contributed by atoms with Crippen LogP contribution in [0.5, 0.6) is 0 Å². The molecule has 1 aromatic heterocycles. The summed E-state index contributed by atoms with van der Waals surface area (Å²) in [5.74, 6) is -0.865. The van der Waals surface area contributed by atoms with Gasteiger partial charge in [-0.05, 0) is 31.9 Å². The van der Waals surface area contributed by atoms with Crippen molar-refractivity contribution in [2.24, 2.45) is 0 Å². The predicted octanol–water partition coefficient (Wildman–Crippen LogP) is 2.55. The zero-order chi connectivity index (χ0) is 17.7. The molecule has 2 saturated heterocycles. The summed E-state index contributed by atoms with van der Waals surface area (Å²) in [4.78, 5) is 26.8. The van der Waals surface area contributed by atoms with E-state index in [0.717, 1.165) is 6.42 Å². The summed E-state index contributed by atoms with van der Waals surface area (Å²) in [6, 6.07) is 3.66. The first-order valence-electron chi connectivity index (χ1n) is 8.00. The van der Waals surface area contributed by atoms with Crippen LogP contribution in [0.4, 0.5) is 4.39 Å². The minimum absolute atomic E-state index is 0.0261. The lowest BCUT2D eigenvalue weighted by atomic mass is 10.0. The Morgan fingerprint density at radius 1 is 1.44 bits per heavy atom. The Morgan fingerprint density at radius 2 is 2.24 bits per heavy atom. The molecule has 2 atom stereocenters. The second-order valence-electron chi connectivity index (χ2n) is 6.26. The van der Waals surface area contributed by atoms with E-state index < -0.39 is 11.9 Å². The van der Waals surface area contributed by atoms with Gasteiger partial charge in [0.2, 0.25) is 5.91 Å². The molecule has 0 saturated carbocycles. The second-order valence-corrected chi connectivity index (χ2v) is 6.67. The van der Waals surface area contributed by atoms with E-state index in [9.17, 15) is 14.0 Å². The van der Waals surface area contributed by atoms with Gasteiger partial charge in [-0.15, -0.1) is 0 Å². The Kier molecular flexibility index (Phi) is 3.76. The Hall–Kier alpha value is -2.41. The normalized spacial score (nSPS) is 22.2. The first-order valence-corrected chi connectivity index (χ1v) is 8.38. The van der Waals surface area contributed by atoms with E-state index in [1.54, 1.807) is 11.8 Å². The van der Waals surface area contributed by atoms with Crippen molar-refractivity contribution in [1.29, 1.82) is 0 Å². The van der Waals surface area contributed by atoms with Gasteiger partial charge in [-0.1, -0.05) is 22.8 Å². The maximum Gasteiger partial charge on any atom is 0.260 e. The van der Waals surface area contributed by atoms with Crippen molar-refractivity contribution < 1.29 is 18.5 Å². The fourth-order valence-electron chi connectivity index (χ4n) is 3.63. The topological polar surface area (TPSA) is 75.4 Å². The molecule has 2 amide bonds. The van der Waals surface area contributed by atoms with Gasteiger partial charge in [0.25, 0.3) is 5.91 Å². The lowest BCUT2D eigenvalue weighted by Crippen LogP contribution is -2.57. The van der Waals surface area contributed by atoms with Gasteiger partial charge in [0, 0.05) is 6.54 Å². The van der Waals surface area contributed by atoms with Crippen molar-refractivity contribution in [2.75, 3.05) is 6.54 Å². The molecule has 2 fully saturated rings. The van der Waals surface area contributed by atoms with Crippen LogP contribution >= 0.6 is 11.6 Å². The quantitative estimate of drug-likeness (QED) is 0.889. The van der Waals surface area contributed by atoms with Crippen LogP contribution in [-0.4, -0.2) is 40.5 Å². The smallest absolute Gasteiger partial charge is 0.260 e. The summed E-state index contributed by atoms with van der Waals surface area (Å²) in [6.45, 7) is 2.01. The molecule has 1 N–H and O–H groups in total. The van der Waals surface area contributed by atoms with Crippen LogP contribution in [0.1, 0.15) is 29.0 Å². The number of aromatic nitrogens is 1. The molecule has 3 heterocycles. The molecule has 2 aliphatic heterocycles. The molecular weight excluding hydrogens is 349 g/mol. The van der Waals surface area contributed by atoms with Crippen LogP contribution in [0.3, 0.4) is 0 Å². The third kappa shape index (κ3) is 2.41. The number of piperazine rings is 1. The van der Waals surface area contributed by atoms with Crippen molar-refractivity contribution in [1.82, 2.24) is 15.4 Å². The molecule has 2 aliphatic rings. The SMILES string of the molecule is Cc1onc(-c2c(F)cccc2Cl)c1C(=O)N1C2CCC1C(=O)NC2. The number of nitrogens with zero attached hydrogens (tertiary/aromatic N) is 2. The lowest BCUT2D eigenvalue weighted by Gasteiger charge is -2.34.